The van der Waals surface area contributed by atoms with E-state index in [1.54, 1.807) is 6.07 Å². The Kier molecular flexibility index (Phi) is 9.14. The Morgan fingerprint density at radius 3 is 1.32 bits per heavy atom. The highest BCUT2D eigenvalue weighted by atomic mass is 31.1. The van der Waals surface area contributed by atoms with Crippen molar-refractivity contribution in [3.8, 4) is 22.6 Å². The largest absolute Gasteiger partial charge is 0.507 e. The highest BCUT2D eigenvalue weighted by molar-refractivity contribution is 7.21. The smallest absolute Gasteiger partial charge is 0.143 e. The molecule has 204 valence electrons. The summed E-state index contributed by atoms with van der Waals surface area (Å²) in [4.78, 5) is 0. The van der Waals surface area contributed by atoms with Crippen molar-refractivity contribution in [3.05, 3.63) is 70.7 Å². The third-order valence-electron chi connectivity index (χ3n) is 6.36. The van der Waals surface area contributed by atoms with Gasteiger partial charge in [0.25, 0.3) is 0 Å². The van der Waals surface area contributed by atoms with Gasteiger partial charge < -0.3 is 10.2 Å². The van der Waals surface area contributed by atoms with Crippen LogP contribution in [0.2, 0.25) is 0 Å². The second-order valence-corrected chi connectivity index (χ2v) is 14.6. The summed E-state index contributed by atoms with van der Waals surface area (Å²) in [5.41, 5.74) is 4.94. The van der Waals surface area contributed by atoms with Crippen LogP contribution in [0.5, 0.6) is 11.5 Å². The van der Waals surface area contributed by atoms with Crippen molar-refractivity contribution in [1.82, 2.24) is 0 Å². The Morgan fingerprint density at radius 2 is 0.973 bits per heavy atom. The molecule has 3 rings (SSSR count). The van der Waals surface area contributed by atoms with E-state index < -0.39 is 0 Å². The molecule has 0 bridgehead atoms. The van der Waals surface area contributed by atoms with Crippen LogP contribution in [0.15, 0.2) is 57.4 Å². The van der Waals surface area contributed by atoms with Gasteiger partial charge in [-0.15, -0.1) is 0 Å². The van der Waals surface area contributed by atoms with E-state index in [0.29, 0.717) is 19.6 Å². The number of rotatable bonds is 1. The molecule has 2 N–H and O–H groups in total. The van der Waals surface area contributed by atoms with Crippen molar-refractivity contribution in [2.75, 3.05) is 0 Å². The number of benzene rings is 2. The van der Waals surface area contributed by atoms with Crippen LogP contribution in [0.3, 0.4) is 0 Å². The highest BCUT2D eigenvalue weighted by Gasteiger charge is 2.30. The zero-order chi connectivity index (χ0) is 28.4. The van der Waals surface area contributed by atoms with Crippen molar-refractivity contribution in [2.45, 2.75) is 105 Å². The Hall–Kier alpha value is -2.58. The van der Waals surface area contributed by atoms with Crippen molar-refractivity contribution < 1.29 is 19.1 Å². The Labute approximate surface area is 225 Å². The molecule has 0 aliphatic heterocycles. The Bertz CT molecular complexity index is 1100. The lowest BCUT2D eigenvalue weighted by atomic mass is 9.75. The molecule has 37 heavy (non-hydrogen) atoms. The van der Waals surface area contributed by atoms with Crippen LogP contribution < -0.4 is 0 Å². The van der Waals surface area contributed by atoms with E-state index in [1.165, 1.54) is 6.26 Å². The molecule has 0 aliphatic carbocycles. The molecule has 0 saturated carbocycles. The molecule has 1 heterocycles. The monoisotopic (exact) mass is 526 g/mol. The zero-order valence-electron chi connectivity index (χ0n) is 24.8. The first-order chi connectivity index (χ1) is 16.7. The van der Waals surface area contributed by atoms with E-state index in [2.05, 4.69) is 116 Å². The number of phenolic OH excluding ortho intramolecular Hbond substituents is 2. The summed E-state index contributed by atoms with van der Waals surface area (Å²) in [5.74, 6) is 2.41. The predicted molar refractivity (Wildman–Crippen MR) is 158 cm³/mol. The average molecular weight is 527 g/mol. The molecule has 2 aromatic carbocycles. The van der Waals surface area contributed by atoms with Gasteiger partial charge in [-0.2, -0.15) is 0 Å². The van der Waals surface area contributed by atoms with Gasteiger partial charge in [0.15, 0.2) is 0 Å². The van der Waals surface area contributed by atoms with Crippen LogP contribution in [0.25, 0.3) is 11.1 Å². The molecule has 0 radical (unpaired) electrons. The molecule has 1 atom stereocenters. The number of aromatic hydroxyl groups is 2. The fraction of sp³-hybridized carbons (Fsp3) is 0.500. The van der Waals surface area contributed by atoms with Gasteiger partial charge in [-0.1, -0.05) is 101 Å². The maximum absolute atomic E-state index is 11.4. The van der Waals surface area contributed by atoms with Crippen LogP contribution in [0, 0.1) is 0 Å². The van der Waals surface area contributed by atoms with Crippen LogP contribution in [0.4, 0.5) is 0 Å². The van der Waals surface area contributed by atoms with Gasteiger partial charge in [-0.05, 0) is 56.8 Å². The number of hydrogen-bond donors (Lipinski definition) is 2. The zero-order valence-corrected chi connectivity index (χ0v) is 25.8. The quantitative estimate of drug-likeness (QED) is 0.310. The topological polar surface area (TPSA) is 66.7 Å². The SMILES string of the molecule is CC(C)(C)c1cc(-c2cc(C(C)(C)C)cc(C(C)(C)C)c2O)c(O)c(C(C)(C)C)c1.c1cc[pH]ooc1. The van der Waals surface area contributed by atoms with Crippen molar-refractivity contribution in [3.63, 3.8) is 0 Å². The molecule has 1 aromatic heterocycles. The van der Waals surface area contributed by atoms with Crippen LogP contribution in [-0.4, -0.2) is 10.2 Å². The van der Waals surface area contributed by atoms with Gasteiger partial charge in [0.2, 0.25) is 0 Å². The first-order valence-corrected chi connectivity index (χ1v) is 13.9. The Balaban J connectivity index is 0.000000591. The molecule has 0 fully saturated rings. The molecule has 0 spiro atoms. The third-order valence-corrected chi connectivity index (χ3v) is 6.88. The van der Waals surface area contributed by atoms with Gasteiger partial charge in [-0.3, -0.25) is 8.93 Å². The summed E-state index contributed by atoms with van der Waals surface area (Å²) in [6.07, 6.45) is 1.50. The minimum atomic E-state index is -0.218. The summed E-state index contributed by atoms with van der Waals surface area (Å²) >= 11 is 0. The maximum atomic E-state index is 11.4. The van der Waals surface area contributed by atoms with Crippen LogP contribution in [0.1, 0.15) is 105 Å². The molecule has 1 unspecified atom stereocenters. The molecule has 4 nitrogen and oxygen atoms in total. The number of hydrogen-bond acceptors (Lipinski definition) is 4. The second-order valence-electron chi connectivity index (χ2n) is 13.8. The number of phenols is 2. The fourth-order valence-corrected chi connectivity index (χ4v) is 4.30. The van der Waals surface area contributed by atoms with Crippen molar-refractivity contribution >= 4 is 8.43 Å². The van der Waals surface area contributed by atoms with E-state index in [9.17, 15) is 10.2 Å². The average Bonchev–Trinajstić information content (AvgIpc) is 3.04. The fourth-order valence-electron chi connectivity index (χ4n) is 3.94. The van der Waals surface area contributed by atoms with Gasteiger partial charge in [0, 0.05) is 22.3 Å². The summed E-state index contributed by atoms with van der Waals surface area (Å²) in [6.45, 7) is 25.8. The molecular formula is C32H47O4P. The van der Waals surface area contributed by atoms with E-state index in [0.717, 1.165) is 22.3 Å². The highest BCUT2D eigenvalue weighted by Crippen LogP contribution is 2.48. The predicted octanol–water partition coefficient (Wildman–Crippen LogP) is 9.98. The van der Waals surface area contributed by atoms with Gasteiger partial charge in [0.05, 0.1) is 8.43 Å². The van der Waals surface area contributed by atoms with Gasteiger partial charge >= 0.3 is 0 Å². The van der Waals surface area contributed by atoms with Gasteiger partial charge in [-0.25, -0.2) is 0 Å². The van der Waals surface area contributed by atoms with E-state index in [1.807, 2.05) is 11.9 Å². The van der Waals surface area contributed by atoms with E-state index >= 15 is 0 Å². The second kappa shape index (κ2) is 11.0. The normalized spacial score (nSPS) is 12.8. The van der Waals surface area contributed by atoms with E-state index in [-0.39, 0.29) is 33.2 Å². The molecular weight excluding hydrogens is 479 g/mol. The van der Waals surface area contributed by atoms with Gasteiger partial charge in [0.1, 0.15) is 17.8 Å². The lowest BCUT2D eigenvalue weighted by Crippen LogP contribution is -2.18. The minimum Gasteiger partial charge on any atom is -0.507 e. The summed E-state index contributed by atoms with van der Waals surface area (Å²) in [7, 11) is 0.329. The molecule has 5 heteroatoms. The summed E-state index contributed by atoms with van der Waals surface area (Å²) < 4.78 is 9.01. The lowest BCUT2D eigenvalue weighted by molar-refractivity contribution is 0.102. The van der Waals surface area contributed by atoms with Crippen LogP contribution >= 0.6 is 8.43 Å². The standard InChI is InChI=1S/C28H42O2.C4H5O2P/c1-25(2,3)17-13-19(23(29)21(15-17)27(7,8)9)20-14-18(26(4,5)6)16-22(24(20)30)28(10,11)12;1-2-4-7-6-5-3-1/h13-16,29-30H,1-12H3;1-4,7H. The minimum absolute atomic E-state index is 0.0768. The molecule has 3 aromatic rings. The summed E-state index contributed by atoms with van der Waals surface area (Å²) in [5, 5.41) is 22.7. The first kappa shape index (κ1) is 30.6. The summed E-state index contributed by atoms with van der Waals surface area (Å²) in [6, 6.07) is 12.0. The Morgan fingerprint density at radius 1 is 0.568 bits per heavy atom. The van der Waals surface area contributed by atoms with Crippen molar-refractivity contribution in [1.29, 1.82) is 0 Å². The van der Waals surface area contributed by atoms with Crippen LogP contribution in [-0.2, 0) is 21.7 Å². The van der Waals surface area contributed by atoms with Crippen molar-refractivity contribution in [2.24, 2.45) is 0 Å². The molecule has 0 aliphatic rings. The third kappa shape index (κ3) is 7.95. The lowest BCUT2D eigenvalue weighted by Gasteiger charge is -2.30. The van der Waals surface area contributed by atoms with E-state index in [4.69, 9.17) is 0 Å². The first-order valence-electron chi connectivity index (χ1n) is 12.9. The molecule has 0 saturated heterocycles. The maximum Gasteiger partial charge on any atom is 0.143 e. The molecule has 0 amide bonds.